The number of fused-ring (bicyclic) bond motifs is 11. The number of para-hydroxylation sites is 1. The molecule has 0 amide bonds. The molecule has 12 aromatic rings. The molecule has 0 N–H and O–H groups in total. The Hall–Kier alpha value is -7.37. The summed E-state index contributed by atoms with van der Waals surface area (Å²) in [6, 6.07) is 59.5. The molecular weight excluding hydrogens is 661 g/mol. The van der Waals surface area contributed by atoms with E-state index in [-0.39, 0.29) is 0 Å². The maximum atomic E-state index is 6.69. The summed E-state index contributed by atoms with van der Waals surface area (Å²) in [5, 5.41) is 9.71. The van der Waals surface area contributed by atoms with Gasteiger partial charge in [0.15, 0.2) is 17.5 Å². The van der Waals surface area contributed by atoms with Crippen molar-refractivity contribution in [3.8, 4) is 45.3 Å². The molecule has 0 aliphatic carbocycles. The molecule has 5 heteroatoms. The van der Waals surface area contributed by atoms with Crippen LogP contribution in [0.4, 0.5) is 0 Å². The second-order valence-corrected chi connectivity index (χ2v) is 14.0. The first kappa shape index (κ1) is 29.2. The number of nitrogens with zero attached hydrogens (tertiary/aromatic N) is 4. The Bertz CT molecular complexity index is 3380. The van der Waals surface area contributed by atoms with Gasteiger partial charge >= 0.3 is 0 Å². The zero-order valence-corrected chi connectivity index (χ0v) is 28.9. The molecule has 0 aliphatic rings. The molecule has 0 saturated carbocycles. The predicted octanol–water partition coefficient (Wildman–Crippen LogP) is 12.7. The van der Waals surface area contributed by atoms with Gasteiger partial charge in [-0.3, -0.25) is 0 Å². The second-order valence-electron chi connectivity index (χ2n) is 14.0. The van der Waals surface area contributed by atoms with Crippen LogP contribution in [0, 0.1) is 0 Å². The molecule has 4 aromatic heterocycles. The van der Waals surface area contributed by atoms with E-state index in [0.29, 0.717) is 17.5 Å². The zero-order chi connectivity index (χ0) is 35.3. The van der Waals surface area contributed by atoms with Gasteiger partial charge in [0.05, 0.1) is 16.6 Å². The number of hydrogen-bond acceptors (Lipinski definition) is 4. The highest BCUT2D eigenvalue weighted by atomic mass is 16.3. The first-order valence-corrected chi connectivity index (χ1v) is 18.2. The Labute approximate surface area is 308 Å². The third-order valence-corrected chi connectivity index (χ3v) is 10.9. The highest BCUT2D eigenvalue weighted by Gasteiger charge is 2.22. The van der Waals surface area contributed by atoms with Crippen LogP contribution >= 0.6 is 0 Å². The number of benzene rings is 8. The van der Waals surface area contributed by atoms with Crippen LogP contribution in [0.15, 0.2) is 174 Å². The van der Waals surface area contributed by atoms with Crippen molar-refractivity contribution in [3.05, 3.63) is 170 Å². The number of rotatable bonds is 4. The van der Waals surface area contributed by atoms with Crippen molar-refractivity contribution in [1.82, 2.24) is 19.4 Å². The Morgan fingerprint density at radius 3 is 1.78 bits per heavy atom. The first-order valence-electron chi connectivity index (χ1n) is 18.2. The van der Waals surface area contributed by atoms with E-state index in [2.05, 4.69) is 114 Å². The van der Waals surface area contributed by atoms with Crippen molar-refractivity contribution in [2.45, 2.75) is 0 Å². The highest BCUT2D eigenvalue weighted by Crippen LogP contribution is 2.46. The molecule has 12 rings (SSSR count). The molecule has 0 spiro atoms. The van der Waals surface area contributed by atoms with Crippen molar-refractivity contribution in [1.29, 1.82) is 0 Å². The summed E-state index contributed by atoms with van der Waals surface area (Å²) in [4.78, 5) is 14.9. The summed E-state index contributed by atoms with van der Waals surface area (Å²) in [5.41, 5.74) is 10.3. The average Bonchev–Trinajstić information content (AvgIpc) is 3.89. The van der Waals surface area contributed by atoms with Crippen molar-refractivity contribution >= 4 is 70.8 Å². The van der Waals surface area contributed by atoms with E-state index in [4.69, 9.17) is 19.4 Å². The van der Waals surface area contributed by atoms with Gasteiger partial charge < -0.3 is 8.82 Å². The fraction of sp³-hybridized carbons (Fsp3) is 0. The summed E-state index contributed by atoms with van der Waals surface area (Å²) in [6.07, 6.45) is 0. The standard InChI is InChI=1S/C49H28N4O/c1-3-13-29(14-4-1)47-50-48(30-15-5-2-6-16-30)52-49(51-47)33-19-11-18-31(25-33)34-22-12-24-42-44(34)39-27-41-37(28-43(39)54-42)38-26-32-17-7-8-20-35(32)45-36-21-9-10-23-40(36)53(41)46(38)45/h1-28H. The molecule has 0 saturated heterocycles. The van der Waals surface area contributed by atoms with E-state index in [1.807, 2.05) is 60.7 Å². The van der Waals surface area contributed by atoms with E-state index in [9.17, 15) is 0 Å². The Morgan fingerprint density at radius 2 is 1.00 bits per heavy atom. The molecule has 5 nitrogen and oxygen atoms in total. The maximum absolute atomic E-state index is 6.69. The predicted molar refractivity (Wildman–Crippen MR) is 221 cm³/mol. The largest absolute Gasteiger partial charge is 0.456 e. The molecule has 0 bridgehead atoms. The van der Waals surface area contributed by atoms with E-state index in [0.717, 1.165) is 49.8 Å². The quantitative estimate of drug-likeness (QED) is 0.185. The smallest absolute Gasteiger partial charge is 0.164 e. The van der Waals surface area contributed by atoms with Crippen molar-refractivity contribution in [2.75, 3.05) is 0 Å². The van der Waals surface area contributed by atoms with Crippen LogP contribution in [0.5, 0.6) is 0 Å². The van der Waals surface area contributed by atoms with Gasteiger partial charge in [-0.15, -0.1) is 0 Å². The van der Waals surface area contributed by atoms with E-state index < -0.39 is 0 Å². The average molecular weight is 689 g/mol. The van der Waals surface area contributed by atoms with Crippen LogP contribution in [0.3, 0.4) is 0 Å². The van der Waals surface area contributed by atoms with Crippen LogP contribution in [-0.2, 0) is 0 Å². The maximum Gasteiger partial charge on any atom is 0.164 e. The first-order chi connectivity index (χ1) is 26.8. The molecule has 0 fully saturated rings. The lowest BCUT2D eigenvalue weighted by Gasteiger charge is -2.10. The fourth-order valence-corrected chi connectivity index (χ4v) is 8.56. The molecule has 0 radical (unpaired) electrons. The molecular formula is C49H28N4O. The normalized spacial score (nSPS) is 12.1. The fourth-order valence-electron chi connectivity index (χ4n) is 8.56. The molecule has 250 valence electrons. The van der Waals surface area contributed by atoms with Crippen LogP contribution in [-0.4, -0.2) is 19.4 Å². The van der Waals surface area contributed by atoms with E-state index in [1.54, 1.807) is 0 Å². The minimum absolute atomic E-state index is 0.625. The zero-order valence-electron chi connectivity index (χ0n) is 28.9. The Kier molecular flexibility index (Phi) is 5.99. The molecule has 8 aromatic carbocycles. The lowest BCUT2D eigenvalue weighted by molar-refractivity contribution is 0.669. The van der Waals surface area contributed by atoms with Gasteiger partial charge in [0.2, 0.25) is 0 Å². The van der Waals surface area contributed by atoms with Gasteiger partial charge in [0.25, 0.3) is 0 Å². The van der Waals surface area contributed by atoms with Crippen molar-refractivity contribution in [2.24, 2.45) is 0 Å². The van der Waals surface area contributed by atoms with Gasteiger partial charge in [0.1, 0.15) is 11.2 Å². The lowest BCUT2D eigenvalue weighted by atomic mass is 9.97. The molecule has 0 aliphatic heterocycles. The third-order valence-electron chi connectivity index (χ3n) is 10.9. The van der Waals surface area contributed by atoms with E-state index >= 15 is 0 Å². The summed E-state index contributed by atoms with van der Waals surface area (Å²) in [6.45, 7) is 0. The SMILES string of the molecule is c1ccc(-c2nc(-c3ccccc3)nc(-c3cccc(-c4cccc5oc6cc7c8cc9ccccc9c9c%10ccccc%10n(c7cc6c45)c89)c3)n2)cc1. The van der Waals surface area contributed by atoms with Crippen molar-refractivity contribution in [3.63, 3.8) is 0 Å². The minimum Gasteiger partial charge on any atom is -0.456 e. The Morgan fingerprint density at radius 1 is 0.370 bits per heavy atom. The molecule has 54 heavy (non-hydrogen) atoms. The van der Waals surface area contributed by atoms with Gasteiger partial charge in [-0.1, -0.05) is 133 Å². The number of hydrogen-bond donors (Lipinski definition) is 0. The summed E-state index contributed by atoms with van der Waals surface area (Å²) in [5.74, 6) is 1.91. The van der Waals surface area contributed by atoms with Gasteiger partial charge in [-0.2, -0.15) is 0 Å². The second kappa shape index (κ2) is 11.1. The summed E-state index contributed by atoms with van der Waals surface area (Å²) < 4.78 is 9.15. The molecule has 4 heterocycles. The van der Waals surface area contributed by atoms with Gasteiger partial charge in [-0.25, -0.2) is 15.0 Å². The van der Waals surface area contributed by atoms with Crippen LogP contribution < -0.4 is 0 Å². The minimum atomic E-state index is 0.625. The van der Waals surface area contributed by atoms with Gasteiger partial charge in [-0.05, 0) is 58.3 Å². The third kappa shape index (κ3) is 4.18. The molecule has 0 atom stereocenters. The van der Waals surface area contributed by atoms with Crippen LogP contribution in [0.2, 0.25) is 0 Å². The highest BCUT2D eigenvalue weighted by molar-refractivity contribution is 6.32. The lowest BCUT2D eigenvalue weighted by Crippen LogP contribution is -2.00. The van der Waals surface area contributed by atoms with E-state index in [1.165, 1.54) is 48.9 Å². The summed E-state index contributed by atoms with van der Waals surface area (Å²) >= 11 is 0. The van der Waals surface area contributed by atoms with Crippen molar-refractivity contribution < 1.29 is 4.42 Å². The topological polar surface area (TPSA) is 56.2 Å². The number of furan rings is 1. The summed E-state index contributed by atoms with van der Waals surface area (Å²) in [7, 11) is 0. The van der Waals surface area contributed by atoms with Crippen LogP contribution in [0.1, 0.15) is 0 Å². The Balaban J connectivity index is 1.09. The molecule has 0 unspecified atom stereocenters. The van der Waals surface area contributed by atoms with Crippen LogP contribution in [0.25, 0.3) is 116 Å². The van der Waals surface area contributed by atoms with Gasteiger partial charge in [0, 0.05) is 49.0 Å². The number of aromatic nitrogens is 4. The monoisotopic (exact) mass is 688 g/mol.